The number of unbranched alkanes of at least 4 members (excludes halogenated alkanes) is 6. The molecule has 1 heterocycles. The van der Waals surface area contributed by atoms with Crippen molar-refractivity contribution in [2.45, 2.75) is 77.0 Å². The van der Waals surface area contributed by atoms with Gasteiger partial charge in [-0.1, -0.05) is 49.9 Å². The van der Waals surface area contributed by atoms with Crippen LogP contribution in [0, 0.1) is 0 Å². The van der Waals surface area contributed by atoms with E-state index in [1.807, 2.05) is 18.2 Å². The standard InChI is InChI=1S/C14H20N2O4.C13H19N3O4/c17-13(15-19)10-6-1-2-7-11-14(18)16-20-12-8-4-3-5-9-12;17-11(15-19)7-3-1-2-4-8-12(18)16-20-13-9-5-6-10-14-13/h3-5,8-9,19H,1-2,6-7,10-11H2,(H,15,17)(H,16,18);5-6,9-10,19H,1-4,7-8H2,(H,15,17)(H,16,18). The van der Waals surface area contributed by atoms with E-state index >= 15 is 0 Å². The Hall–Kier alpha value is -4.23. The highest BCUT2D eigenvalue weighted by Crippen LogP contribution is 2.08. The molecule has 1 aromatic carbocycles. The molecule has 0 aliphatic heterocycles. The van der Waals surface area contributed by atoms with Gasteiger partial charge in [0.1, 0.15) is 0 Å². The van der Waals surface area contributed by atoms with Crippen LogP contribution in [-0.2, 0) is 19.2 Å². The van der Waals surface area contributed by atoms with Crippen molar-refractivity contribution in [3.05, 3.63) is 54.7 Å². The number of hydroxylamine groups is 4. The normalized spacial score (nSPS) is 9.85. The van der Waals surface area contributed by atoms with E-state index in [0.717, 1.165) is 38.5 Å². The summed E-state index contributed by atoms with van der Waals surface area (Å²) in [5, 5.41) is 16.6. The Morgan fingerprint density at radius 1 is 0.575 bits per heavy atom. The minimum absolute atomic E-state index is 0.165. The van der Waals surface area contributed by atoms with Crippen LogP contribution in [0.25, 0.3) is 0 Å². The second kappa shape index (κ2) is 22.7. The average Bonchev–Trinajstić information content (AvgIpc) is 2.99. The fourth-order valence-corrected chi connectivity index (χ4v) is 3.18. The summed E-state index contributed by atoms with van der Waals surface area (Å²) in [6.45, 7) is 0. The lowest BCUT2D eigenvalue weighted by Gasteiger charge is -2.06. The number of carbonyl (C=O) groups excluding carboxylic acids is 4. The number of amides is 4. The van der Waals surface area contributed by atoms with Gasteiger partial charge in [0.2, 0.25) is 17.7 Å². The van der Waals surface area contributed by atoms with Crippen molar-refractivity contribution in [2.75, 3.05) is 0 Å². The van der Waals surface area contributed by atoms with E-state index in [-0.39, 0.29) is 23.6 Å². The minimum Gasteiger partial charge on any atom is -0.380 e. The SMILES string of the molecule is O=C(CCCCCCC(=O)NOc1ccccc1)NO.O=C(CCCCCCC(=O)NOc1ccccn1)NO. The summed E-state index contributed by atoms with van der Waals surface area (Å²) in [6, 6.07) is 14.2. The molecule has 0 aliphatic carbocycles. The van der Waals surface area contributed by atoms with E-state index < -0.39 is 0 Å². The molecule has 0 unspecified atom stereocenters. The van der Waals surface area contributed by atoms with E-state index in [2.05, 4.69) is 15.9 Å². The summed E-state index contributed by atoms with van der Waals surface area (Å²) in [6.07, 6.45) is 9.17. The molecule has 6 N–H and O–H groups in total. The Morgan fingerprint density at radius 2 is 1.02 bits per heavy atom. The zero-order valence-corrected chi connectivity index (χ0v) is 22.5. The van der Waals surface area contributed by atoms with Crippen molar-refractivity contribution in [3.8, 4) is 11.6 Å². The Kier molecular flexibility index (Phi) is 19.2. The smallest absolute Gasteiger partial charge is 0.252 e. The fraction of sp³-hybridized carbons (Fsp3) is 0.444. The van der Waals surface area contributed by atoms with E-state index in [1.165, 1.54) is 0 Å². The zero-order chi connectivity index (χ0) is 29.3. The van der Waals surface area contributed by atoms with Crippen molar-refractivity contribution in [1.29, 1.82) is 0 Å². The summed E-state index contributed by atoms with van der Waals surface area (Å²) >= 11 is 0. The molecule has 0 bridgehead atoms. The van der Waals surface area contributed by atoms with E-state index in [4.69, 9.17) is 20.1 Å². The first-order valence-corrected chi connectivity index (χ1v) is 13.2. The van der Waals surface area contributed by atoms with Crippen molar-refractivity contribution in [2.24, 2.45) is 0 Å². The van der Waals surface area contributed by atoms with Gasteiger partial charge in [0.05, 0.1) is 0 Å². The first-order valence-electron chi connectivity index (χ1n) is 13.2. The van der Waals surface area contributed by atoms with E-state index in [1.54, 1.807) is 47.5 Å². The van der Waals surface area contributed by atoms with Crippen LogP contribution in [0.3, 0.4) is 0 Å². The number of hydrogen-bond donors (Lipinski definition) is 6. The van der Waals surface area contributed by atoms with Crippen molar-refractivity contribution in [3.63, 3.8) is 0 Å². The maximum atomic E-state index is 11.5. The van der Waals surface area contributed by atoms with Crippen LogP contribution in [0.15, 0.2) is 54.7 Å². The third-order valence-corrected chi connectivity index (χ3v) is 5.30. The molecule has 2 aromatic rings. The summed E-state index contributed by atoms with van der Waals surface area (Å²) in [4.78, 5) is 58.4. The zero-order valence-electron chi connectivity index (χ0n) is 22.5. The molecule has 0 spiro atoms. The maximum Gasteiger partial charge on any atom is 0.252 e. The second-order valence-electron chi connectivity index (χ2n) is 8.63. The number of pyridine rings is 1. The molecule has 1 aromatic heterocycles. The largest absolute Gasteiger partial charge is 0.380 e. The van der Waals surface area contributed by atoms with Gasteiger partial charge < -0.3 is 9.68 Å². The highest BCUT2D eigenvalue weighted by atomic mass is 16.7. The molecule has 0 radical (unpaired) electrons. The van der Waals surface area contributed by atoms with Crippen LogP contribution in [-0.4, -0.2) is 39.0 Å². The van der Waals surface area contributed by atoms with Crippen molar-refractivity contribution >= 4 is 23.6 Å². The molecule has 40 heavy (non-hydrogen) atoms. The number of benzene rings is 1. The quantitative estimate of drug-likeness (QED) is 0.0901. The number of nitrogens with zero attached hydrogens (tertiary/aromatic N) is 1. The van der Waals surface area contributed by atoms with Crippen LogP contribution in [0.5, 0.6) is 11.6 Å². The van der Waals surface area contributed by atoms with Gasteiger partial charge in [-0.15, -0.1) is 0 Å². The maximum absolute atomic E-state index is 11.5. The number of para-hydroxylation sites is 1. The van der Waals surface area contributed by atoms with Gasteiger partial charge in [-0.25, -0.2) is 15.9 Å². The van der Waals surface area contributed by atoms with Gasteiger partial charge in [0.25, 0.3) is 11.8 Å². The summed E-state index contributed by atoms with van der Waals surface area (Å²) in [5.74, 6) is -0.192. The van der Waals surface area contributed by atoms with Crippen LogP contribution in [0.1, 0.15) is 77.0 Å². The lowest BCUT2D eigenvalue weighted by molar-refractivity contribution is -0.130. The lowest BCUT2D eigenvalue weighted by atomic mass is 10.1. The van der Waals surface area contributed by atoms with Gasteiger partial charge in [0.15, 0.2) is 5.75 Å². The molecule has 0 saturated carbocycles. The Bertz CT molecular complexity index is 900. The van der Waals surface area contributed by atoms with E-state index in [9.17, 15) is 19.2 Å². The number of carbonyl (C=O) groups is 4. The molecule has 13 heteroatoms. The monoisotopic (exact) mass is 561 g/mol. The topological polar surface area (TPSA) is 188 Å². The average molecular weight is 562 g/mol. The van der Waals surface area contributed by atoms with Gasteiger partial charge in [0, 0.05) is 37.9 Å². The van der Waals surface area contributed by atoms with Crippen LogP contribution < -0.4 is 31.6 Å². The number of aromatic nitrogens is 1. The molecular weight excluding hydrogens is 522 g/mol. The number of nitrogens with one attached hydrogen (secondary N) is 4. The summed E-state index contributed by atoms with van der Waals surface area (Å²) in [5.41, 5.74) is 7.87. The van der Waals surface area contributed by atoms with E-state index in [0.29, 0.717) is 50.2 Å². The molecule has 13 nitrogen and oxygen atoms in total. The molecule has 0 atom stereocenters. The number of rotatable bonds is 18. The fourth-order valence-electron chi connectivity index (χ4n) is 3.18. The Morgan fingerprint density at radius 3 is 1.48 bits per heavy atom. The van der Waals surface area contributed by atoms with Gasteiger partial charge in [-0.3, -0.25) is 29.6 Å². The molecular formula is C27H39N5O8. The molecule has 0 aliphatic rings. The van der Waals surface area contributed by atoms with Crippen LogP contribution >= 0.6 is 0 Å². The molecule has 4 amide bonds. The Labute approximate surface area is 233 Å². The predicted molar refractivity (Wildman–Crippen MR) is 143 cm³/mol. The summed E-state index contributed by atoms with van der Waals surface area (Å²) < 4.78 is 0. The Balaban J connectivity index is 0.000000400. The molecule has 0 saturated heterocycles. The minimum atomic E-state index is -0.383. The van der Waals surface area contributed by atoms with Crippen molar-refractivity contribution < 1.29 is 39.3 Å². The molecule has 220 valence electrons. The third-order valence-electron chi connectivity index (χ3n) is 5.30. The van der Waals surface area contributed by atoms with Gasteiger partial charge in [-0.2, -0.15) is 11.0 Å². The predicted octanol–water partition coefficient (Wildman–Crippen LogP) is 3.28. The summed E-state index contributed by atoms with van der Waals surface area (Å²) in [7, 11) is 0. The first kappa shape index (κ1) is 33.8. The number of hydrogen-bond acceptors (Lipinski definition) is 9. The molecule has 2 rings (SSSR count). The first-order chi connectivity index (χ1) is 19.4. The van der Waals surface area contributed by atoms with Crippen LogP contribution in [0.4, 0.5) is 0 Å². The highest BCUT2D eigenvalue weighted by Gasteiger charge is 2.04. The van der Waals surface area contributed by atoms with Gasteiger partial charge >= 0.3 is 0 Å². The van der Waals surface area contributed by atoms with Crippen LogP contribution in [0.2, 0.25) is 0 Å². The third kappa shape index (κ3) is 18.9. The molecule has 0 fully saturated rings. The second-order valence-corrected chi connectivity index (χ2v) is 8.63. The van der Waals surface area contributed by atoms with Crippen molar-refractivity contribution in [1.82, 2.24) is 26.9 Å². The van der Waals surface area contributed by atoms with Gasteiger partial charge in [-0.05, 0) is 43.9 Å². The lowest BCUT2D eigenvalue weighted by Crippen LogP contribution is -2.26. The highest BCUT2D eigenvalue weighted by molar-refractivity contribution is 5.75.